The van der Waals surface area contributed by atoms with Crippen LogP contribution in [0, 0.1) is 6.92 Å². The summed E-state index contributed by atoms with van der Waals surface area (Å²) >= 11 is 0. The van der Waals surface area contributed by atoms with Crippen LogP contribution in [0.5, 0.6) is 0 Å². The van der Waals surface area contributed by atoms with Crippen LogP contribution in [-0.4, -0.2) is 22.0 Å². The Morgan fingerprint density at radius 1 is 1.09 bits per heavy atom. The molecule has 0 aliphatic carbocycles. The number of nitrogens with zero attached hydrogens (tertiary/aromatic N) is 1. The van der Waals surface area contributed by atoms with Gasteiger partial charge in [0.1, 0.15) is 0 Å². The van der Waals surface area contributed by atoms with E-state index < -0.39 is 10.0 Å². The highest BCUT2D eigenvalue weighted by molar-refractivity contribution is 7.92. The molecule has 23 heavy (non-hydrogen) atoms. The summed E-state index contributed by atoms with van der Waals surface area (Å²) in [6.07, 6.45) is 2.29. The number of aryl methyl sites for hydroxylation is 1. The summed E-state index contributed by atoms with van der Waals surface area (Å²) in [5.74, 6) is 0. The fourth-order valence-electron chi connectivity index (χ4n) is 2.30. The fourth-order valence-corrected chi connectivity index (χ4v) is 3.47. The molecular weight excluding hydrogens is 308 g/mol. The predicted octanol–water partition coefficient (Wildman–Crippen LogP) is 4.03. The molecule has 0 unspecified atom stereocenters. The van der Waals surface area contributed by atoms with Gasteiger partial charge in [0.25, 0.3) is 10.0 Å². The van der Waals surface area contributed by atoms with Crippen LogP contribution in [0.1, 0.15) is 25.3 Å². The number of unbranched alkanes of at least 4 members (excludes halogenated alkanes) is 1. The molecule has 0 bridgehead atoms. The number of sulfonamides is 1. The third-order valence-electron chi connectivity index (χ3n) is 3.71. The molecule has 0 atom stereocenters. The molecule has 0 saturated heterocycles. The molecule has 0 spiro atoms. The summed E-state index contributed by atoms with van der Waals surface area (Å²) in [6, 6.07) is 14.3. The Balaban J connectivity index is 2.11. The molecule has 124 valence electrons. The molecule has 0 saturated carbocycles. The Morgan fingerprint density at radius 3 is 2.39 bits per heavy atom. The van der Waals surface area contributed by atoms with E-state index in [4.69, 9.17) is 0 Å². The molecule has 2 rings (SSSR count). The number of anilines is 2. The molecule has 2 aromatic carbocycles. The molecule has 0 aliphatic rings. The third-order valence-corrected chi connectivity index (χ3v) is 5.09. The van der Waals surface area contributed by atoms with Gasteiger partial charge in [-0.1, -0.05) is 25.5 Å². The minimum absolute atomic E-state index is 0.279. The van der Waals surface area contributed by atoms with Crippen LogP contribution in [0.15, 0.2) is 53.4 Å². The Morgan fingerprint density at radius 2 is 1.78 bits per heavy atom. The summed E-state index contributed by atoms with van der Waals surface area (Å²) in [6.45, 7) is 5.03. The first-order valence-corrected chi connectivity index (χ1v) is 9.31. The second kappa shape index (κ2) is 7.51. The van der Waals surface area contributed by atoms with E-state index in [0.717, 1.165) is 30.6 Å². The van der Waals surface area contributed by atoms with Crippen molar-refractivity contribution in [2.24, 2.45) is 0 Å². The molecule has 5 heteroatoms. The van der Waals surface area contributed by atoms with Gasteiger partial charge in [-0.15, -0.1) is 0 Å². The first-order chi connectivity index (χ1) is 10.9. The summed E-state index contributed by atoms with van der Waals surface area (Å²) in [7, 11) is -1.50. The van der Waals surface area contributed by atoms with Gasteiger partial charge in [-0.05, 0) is 55.3 Å². The first kappa shape index (κ1) is 17.3. The van der Waals surface area contributed by atoms with E-state index in [2.05, 4.69) is 16.5 Å². The molecule has 0 heterocycles. The Hall–Kier alpha value is -2.01. The van der Waals surface area contributed by atoms with Crippen LogP contribution < -0.4 is 9.62 Å². The molecule has 0 radical (unpaired) electrons. The standard InChI is InChI=1S/C18H24N2O2S/c1-4-5-13-20(3)17-11-9-16(10-12-17)19-23(21,22)18-8-6-7-15(2)14-18/h6-12,14,19H,4-5,13H2,1-3H3. The first-order valence-electron chi connectivity index (χ1n) is 7.83. The summed E-state index contributed by atoms with van der Waals surface area (Å²) in [5, 5.41) is 0. The van der Waals surface area contributed by atoms with Crippen molar-refractivity contribution in [2.45, 2.75) is 31.6 Å². The zero-order valence-corrected chi connectivity index (χ0v) is 14.7. The Kier molecular flexibility index (Phi) is 5.66. The molecule has 4 nitrogen and oxygen atoms in total. The Labute approximate surface area is 139 Å². The monoisotopic (exact) mass is 332 g/mol. The smallest absolute Gasteiger partial charge is 0.261 e. The predicted molar refractivity (Wildman–Crippen MR) is 96.6 cm³/mol. The lowest BCUT2D eigenvalue weighted by Gasteiger charge is -2.19. The van der Waals surface area contributed by atoms with Crippen LogP contribution in [0.25, 0.3) is 0 Å². The molecule has 1 N–H and O–H groups in total. The maximum Gasteiger partial charge on any atom is 0.261 e. The second-order valence-electron chi connectivity index (χ2n) is 5.74. The quantitative estimate of drug-likeness (QED) is 0.833. The van der Waals surface area contributed by atoms with E-state index in [1.807, 2.05) is 32.2 Å². The molecular formula is C18H24N2O2S. The average molecular weight is 332 g/mol. The van der Waals surface area contributed by atoms with Gasteiger partial charge in [0, 0.05) is 25.0 Å². The van der Waals surface area contributed by atoms with Crippen molar-refractivity contribution < 1.29 is 8.42 Å². The summed E-state index contributed by atoms with van der Waals surface area (Å²) in [5.41, 5.74) is 2.57. The van der Waals surface area contributed by atoms with Crippen molar-refractivity contribution in [3.63, 3.8) is 0 Å². The minimum atomic E-state index is -3.55. The van der Waals surface area contributed by atoms with Crippen LogP contribution in [0.4, 0.5) is 11.4 Å². The fraction of sp³-hybridized carbons (Fsp3) is 0.333. The molecule has 2 aromatic rings. The number of benzene rings is 2. The third kappa shape index (κ3) is 4.73. The molecule has 0 aromatic heterocycles. The van der Waals surface area contributed by atoms with Gasteiger partial charge in [0.2, 0.25) is 0 Å². The number of hydrogen-bond acceptors (Lipinski definition) is 3. The maximum atomic E-state index is 12.4. The van der Waals surface area contributed by atoms with Gasteiger partial charge in [-0.3, -0.25) is 4.72 Å². The van der Waals surface area contributed by atoms with E-state index in [1.165, 1.54) is 0 Å². The SMILES string of the molecule is CCCCN(C)c1ccc(NS(=O)(=O)c2cccc(C)c2)cc1. The van der Waals surface area contributed by atoms with Crippen molar-refractivity contribution in [3.8, 4) is 0 Å². The lowest BCUT2D eigenvalue weighted by atomic mass is 10.2. The number of rotatable bonds is 7. The van der Waals surface area contributed by atoms with Gasteiger partial charge in [-0.2, -0.15) is 0 Å². The highest BCUT2D eigenvalue weighted by atomic mass is 32.2. The van der Waals surface area contributed by atoms with Crippen molar-refractivity contribution in [1.29, 1.82) is 0 Å². The van der Waals surface area contributed by atoms with Crippen molar-refractivity contribution in [1.82, 2.24) is 0 Å². The highest BCUT2D eigenvalue weighted by Gasteiger charge is 2.14. The summed E-state index contributed by atoms with van der Waals surface area (Å²) < 4.78 is 27.4. The van der Waals surface area contributed by atoms with E-state index in [-0.39, 0.29) is 4.90 Å². The van der Waals surface area contributed by atoms with Gasteiger partial charge in [0.15, 0.2) is 0 Å². The normalized spacial score (nSPS) is 11.3. The lowest BCUT2D eigenvalue weighted by molar-refractivity contribution is 0.601. The maximum absolute atomic E-state index is 12.4. The van der Waals surface area contributed by atoms with E-state index in [1.54, 1.807) is 30.3 Å². The minimum Gasteiger partial charge on any atom is -0.375 e. The van der Waals surface area contributed by atoms with Crippen molar-refractivity contribution >= 4 is 21.4 Å². The van der Waals surface area contributed by atoms with Gasteiger partial charge >= 0.3 is 0 Å². The van der Waals surface area contributed by atoms with Crippen LogP contribution in [0.3, 0.4) is 0 Å². The largest absolute Gasteiger partial charge is 0.375 e. The van der Waals surface area contributed by atoms with Gasteiger partial charge < -0.3 is 4.90 Å². The second-order valence-corrected chi connectivity index (χ2v) is 7.43. The van der Waals surface area contributed by atoms with Gasteiger partial charge in [-0.25, -0.2) is 8.42 Å². The van der Waals surface area contributed by atoms with Crippen LogP contribution in [0.2, 0.25) is 0 Å². The molecule has 0 fully saturated rings. The average Bonchev–Trinajstić information content (AvgIpc) is 2.53. The van der Waals surface area contributed by atoms with Gasteiger partial charge in [0.05, 0.1) is 4.90 Å². The molecule has 0 aliphatic heterocycles. The zero-order valence-electron chi connectivity index (χ0n) is 13.9. The number of hydrogen-bond donors (Lipinski definition) is 1. The van der Waals surface area contributed by atoms with Crippen molar-refractivity contribution in [3.05, 3.63) is 54.1 Å². The Bertz CT molecular complexity index is 740. The number of nitrogens with one attached hydrogen (secondary N) is 1. The summed E-state index contributed by atoms with van der Waals surface area (Å²) in [4.78, 5) is 2.45. The van der Waals surface area contributed by atoms with E-state index >= 15 is 0 Å². The van der Waals surface area contributed by atoms with Crippen molar-refractivity contribution in [2.75, 3.05) is 23.2 Å². The molecule has 0 amide bonds. The van der Waals surface area contributed by atoms with Crippen LogP contribution >= 0.6 is 0 Å². The zero-order chi connectivity index (χ0) is 16.9. The topological polar surface area (TPSA) is 49.4 Å². The van der Waals surface area contributed by atoms with E-state index in [9.17, 15) is 8.42 Å². The van der Waals surface area contributed by atoms with Crippen LogP contribution in [-0.2, 0) is 10.0 Å². The van der Waals surface area contributed by atoms with E-state index in [0.29, 0.717) is 5.69 Å². The highest BCUT2D eigenvalue weighted by Crippen LogP contribution is 2.20. The lowest BCUT2D eigenvalue weighted by Crippen LogP contribution is -2.18.